The summed E-state index contributed by atoms with van der Waals surface area (Å²) >= 11 is 1.80. The zero-order valence-corrected chi connectivity index (χ0v) is 12.0. The average molecular weight is 280 g/mol. The second-order valence-corrected chi connectivity index (χ2v) is 6.39. The van der Waals surface area contributed by atoms with E-state index in [0.717, 1.165) is 30.1 Å². The van der Waals surface area contributed by atoms with Gasteiger partial charge in [-0.2, -0.15) is 11.8 Å². The van der Waals surface area contributed by atoms with Crippen LogP contribution in [-0.4, -0.2) is 29.2 Å². The lowest BCUT2D eigenvalue weighted by Crippen LogP contribution is -2.12. The maximum Gasteiger partial charge on any atom is 0.303 e. The number of thioether (sulfide) groups is 1. The van der Waals surface area contributed by atoms with Crippen LogP contribution < -0.4 is 4.74 Å². The molecule has 0 unspecified atom stereocenters. The molecule has 1 fully saturated rings. The van der Waals surface area contributed by atoms with Crippen LogP contribution in [0.1, 0.15) is 24.8 Å². The van der Waals surface area contributed by atoms with Gasteiger partial charge in [0, 0.05) is 5.75 Å². The van der Waals surface area contributed by atoms with E-state index in [1.807, 2.05) is 31.2 Å². The first-order valence-corrected chi connectivity index (χ1v) is 7.74. The molecular formula is C15H20O3S. The average Bonchev–Trinajstić information content (AvgIpc) is 3.08. The number of carboxylic acid groups (broad SMARTS) is 1. The summed E-state index contributed by atoms with van der Waals surface area (Å²) in [4.78, 5) is 10.7. The van der Waals surface area contributed by atoms with Gasteiger partial charge in [-0.25, -0.2) is 0 Å². The SMILES string of the molecule is Cc1cccc(OCCSCC2(CC(=O)O)CC2)c1. The van der Waals surface area contributed by atoms with E-state index < -0.39 is 5.97 Å². The first-order chi connectivity index (χ1) is 9.10. The Kier molecular flexibility index (Phi) is 4.75. The van der Waals surface area contributed by atoms with Gasteiger partial charge in [-0.1, -0.05) is 12.1 Å². The minimum atomic E-state index is -0.672. The number of aryl methyl sites for hydroxylation is 1. The highest BCUT2D eigenvalue weighted by Gasteiger charge is 2.43. The highest BCUT2D eigenvalue weighted by Crippen LogP contribution is 2.50. The predicted octanol–water partition coefficient (Wildman–Crippen LogP) is 3.36. The van der Waals surface area contributed by atoms with E-state index in [2.05, 4.69) is 0 Å². The summed E-state index contributed by atoms with van der Waals surface area (Å²) in [5, 5.41) is 8.83. The third-order valence-corrected chi connectivity index (χ3v) is 4.65. The van der Waals surface area contributed by atoms with Crippen molar-refractivity contribution < 1.29 is 14.6 Å². The number of carboxylic acids is 1. The minimum Gasteiger partial charge on any atom is -0.493 e. The van der Waals surface area contributed by atoms with E-state index in [9.17, 15) is 4.79 Å². The van der Waals surface area contributed by atoms with Gasteiger partial charge >= 0.3 is 5.97 Å². The molecule has 0 aliphatic heterocycles. The van der Waals surface area contributed by atoms with E-state index in [1.165, 1.54) is 5.56 Å². The molecule has 1 N–H and O–H groups in total. The van der Waals surface area contributed by atoms with Crippen molar-refractivity contribution in [3.8, 4) is 5.75 Å². The molecule has 1 aliphatic rings. The second kappa shape index (κ2) is 6.33. The Labute approximate surface area is 118 Å². The van der Waals surface area contributed by atoms with Crippen LogP contribution in [0, 0.1) is 12.3 Å². The zero-order chi connectivity index (χ0) is 13.7. The first kappa shape index (κ1) is 14.3. The van der Waals surface area contributed by atoms with Crippen LogP contribution in [0.5, 0.6) is 5.75 Å². The number of ether oxygens (including phenoxy) is 1. The second-order valence-electron chi connectivity index (χ2n) is 5.29. The van der Waals surface area contributed by atoms with Crippen molar-refractivity contribution in [3.63, 3.8) is 0 Å². The molecule has 0 amide bonds. The molecule has 0 saturated heterocycles. The summed E-state index contributed by atoms with van der Waals surface area (Å²) in [5.74, 6) is 2.09. The molecule has 0 atom stereocenters. The highest BCUT2D eigenvalue weighted by atomic mass is 32.2. The summed E-state index contributed by atoms with van der Waals surface area (Å²) in [7, 11) is 0. The fourth-order valence-corrected chi connectivity index (χ4v) is 3.25. The van der Waals surface area contributed by atoms with Gasteiger partial charge < -0.3 is 9.84 Å². The van der Waals surface area contributed by atoms with E-state index in [1.54, 1.807) is 11.8 Å². The molecule has 3 nitrogen and oxygen atoms in total. The number of benzene rings is 1. The molecule has 104 valence electrons. The van der Waals surface area contributed by atoms with Gasteiger partial charge in [-0.15, -0.1) is 0 Å². The molecule has 1 aliphatic carbocycles. The quantitative estimate of drug-likeness (QED) is 0.742. The molecule has 0 heterocycles. The fourth-order valence-electron chi connectivity index (χ4n) is 2.08. The summed E-state index contributed by atoms with van der Waals surface area (Å²) < 4.78 is 5.67. The molecule has 19 heavy (non-hydrogen) atoms. The molecule has 0 bridgehead atoms. The van der Waals surface area contributed by atoms with Crippen molar-refractivity contribution in [1.29, 1.82) is 0 Å². The van der Waals surface area contributed by atoms with Gasteiger partial charge in [-0.3, -0.25) is 4.79 Å². The largest absolute Gasteiger partial charge is 0.493 e. The Morgan fingerprint density at radius 2 is 2.26 bits per heavy atom. The molecule has 4 heteroatoms. The van der Waals surface area contributed by atoms with Crippen LogP contribution in [0.3, 0.4) is 0 Å². The van der Waals surface area contributed by atoms with Gasteiger partial charge in [0.25, 0.3) is 0 Å². The van der Waals surface area contributed by atoms with E-state index in [0.29, 0.717) is 13.0 Å². The first-order valence-electron chi connectivity index (χ1n) is 6.59. The lowest BCUT2D eigenvalue weighted by atomic mass is 10.1. The van der Waals surface area contributed by atoms with Crippen molar-refractivity contribution >= 4 is 17.7 Å². The van der Waals surface area contributed by atoms with Crippen LogP contribution in [0.2, 0.25) is 0 Å². The Balaban J connectivity index is 1.61. The summed E-state index contributed by atoms with van der Waals surface area (Å²) in [6.07, 6.45) is 2.44. The summed E-state index contributed by atoms with van der Waals surface area (Å²) in [6, 6.07) is 8.02. The molecule has 1 saturated carbocycles. The van der Waals surface area contributed by atoms with Crippen molar-refractivity contribution in [1.82, 2.24) is 0 Å². The molecular weight excluding hydrogens is 260 g/mol. The lowest BCUT2D eigenvalue weighted by molar-refractivity contribution is -0.138. The van der Waals surface area contributed by atoms with E-state index >= 15 is 0 Å². The molecule has 0 aromatic heterocycles. The number of hydrogen-bond acceptors (Lipinski definition) is 3. The number of hydrogen-bond donors (Lipinski definition) is 1. The normalized spacial score (nSPS) is 16.1. The number of carbonyl (C=O) groups is 1. The monoisotopic (exact) mass is 280 g/mol. The highest BCUT2D eigenvalue weighted by molar-refractivity contribution is 7.99. The molecule has 1 aromatic carbocycles. The Bertz CT molecular complexity index is 441. The molecule has 0 radical (unpaired) electrons. The van der Waals surface area contributed by atoms with Crippen LogP contribution in [-0.2, 0) is 4.79 Å². The van der Waals surface area contributed by atoms with Gasteiger partial charge in [-0.05, 0) is 48.6 Å². The Hall–Kier alpha value is -1.16. The maximum absolute atomic E-state index is 10.7. The van der Waals surface area contributed by atoms with Gasteiger partial charge in [0.15, 0.2) is 0 Å². The predicted molar refractivity (Wildman–Crippen MR) is 77.9 cm³/mol. The van der Waals surface area contributed by atoms with Crippen LogP contribution in [0.15, 0.2) is 24.3 Å². The number of rotatable bonds is 8. The molecule has 0 spiro atoms. The van der Waals surface area contributed by atoms with Crippen molar-refractivity contribution in [2.45, 2.75) is 26.2 Å². The number of aliphatic carboxylic acids is 1. The molecule has 1 aromatic rings. The van der Waals surface area contributed by atoms with E-state index in [-0.39, 0.29) is 5.41 Å². The third kappa shape index (κ3) is 4.78. The summed E-state index contributed by atoms with van der Waals surface area (Å²) in [5.41, 5.74) is 1.28. The zero-order valence-electron chi connectivity index (χ0n) is 11.2. The lowest BCUT2D eigenvalue weighted by Gasteiger charge is -2.12. The third-order valence-electron chi connectivity index (χ3n) is 3.38. The van der Waals surface area contributed by atoms with Gasteiger partial charge in [0.05, 0.1) is 13.0 Å². The Morgan fingerprint density at radius 3 is 2.89 bits per heavy atom. The Morgan fingerprint density at radius 1 is 1.47 bits per heavy atom. The summed E-state index contributed by atoms with van der Waals surface area (Å²) in [6.45, 7) is 2.72. The van der Waals surface area contributed by atoms with E-state index in [4.69, 9.17) is 9.84 Å². The fraction of sp³-hybridized carbons (Fsp3) is 0.533. The smallest absolute Gasteiger partial charge is 0.303 e. The molecule has 2 rings (SSSR count). The van der Waals surface area contributed by atoms with Gasteiger partial charge in [0.1, 0.15) is 5.75 Å². The van der Waals surface area contributed by atoms with Crippen LogP contribution in [0.25, 0.3) is 0 Å². The van der Waals surface area contributed by atoms with Crippen molar-refractivity contribution in [3.05, 3.63) is 29.8 Å². The topological polar surface area (TPSA) is 46.5 Å². The van der Waals surface area contributed by atoms with Crippen LogP contribution in [0.4, 0.5) is 0 Å². The standard InChI is InChI=1S/C15H20O3S/c1-12-3-2-4-13(9-12)18-7-8-19-11-15(5-6-15)10-14(16)17/h2-4,9H,5-8,10-11H2,1H3,(H,16,17). The van der Waals surface area contributed by atoms with Crippen molar-refractivity contribution in [2.75, 3.05) is 18.1 Å². The minimum absolute atomic E-state index is 0.0832. The maximum atomic E-state index is 10.7. The van der Waals surface area contributed by atoms with Crippen molar-refractivity contribution in [2.24, 2.45) is 5.41 Å². The van der Waals surface area contributed by atoms with Gasteiger partial charge in [0.2, 0.25) is 0 Å². The van der Waals surface area contributed by atoms with Crippen LogP contribution >= 0.6 is 11.8 Å².